The highest BCUT2D eigenvalue weighted by molar-refractivity contribution is 6.14. The Hall–Kier alpha value is -7.22. The van der Waals surface area contributed by atoms with Gasteiger partial charge in [0.05, 0.1) is 5.41 Å². The molecule has 0 aromatic heterocycles. The van der Waals surface area contributed by atoms with Gasteiger partial charge in [-0.2, -0.15) is 0 Å². The van der Waals surface area contributed by atoms with Crippen LogP contribution >= 0.6 is 0 Å². The highest BCUT2D eigenvalue weighted by Gasteiger charge is 2.53. The van der Waals surface area contributed by atoms with Crippen molar-refractivity contribution in [3.63, 3.8) is 0 Å². The Morgan fingerprint density at radius 2 is 0.929 bits per heavy atom. The number of rotatable bonds is 2. The van der Waals surface area contributed by atoms with E-state index in [1.165, 1.54) is 105 Å². The third-order valence-electron chi connectivity index (χ3n) is 12.9. The third-order valence-corrected chi connectivity index (χ3v) is 12.9. The molecule has 1 heterocycles. The van der Waals surface area contributed by atoms with Crippen molar-refractivity contribution >= 4 is 32.3 Å². The number of fused-ring (bicyclic) bond motifs is 15. The molecule has 0 amide bonds. The van der Waals surface area contributed by atoms with Crippen molar-refractivity contribution < 1.29 is 4.74 Å². The molecule has 1 aliphatic heterocycles. The van der Waals surface area contributed by atoms with Crippen molar-refractivity contribution in [1.29, 1.82) is 0 Å². The largest absolute Gasteiger partial charge is 0.456 e. The van der Waals surface area contributed by atoms with Crippen LogP contribution in [0.4, 0.5) is 0 Å². The van der Waals surface area contributed by atoms with Crippen LogP contribution in [0.15, 0.2) is 194 Å². The Labute approximate surface area is 324 Å². The summed E-state index contributed by atoms with van der Waals surface area (Å²) < 4.78 is 6.54. The average molecular weight is 709 g/mol. The molecule has 1 heteroatoms. The summed E-state index contributed by atoms with van der Waals surface area (Å²) in [5.74, 6) is 1.82. The second-order valence-corrected chi connectivity index (χ2v) is 15.5. The van der Waals surface area contributed by atoms with Gasteiger partial charge in [0.25, 0.3) is 0 Å². The van der Waals surface area contributed by atoms with Gasteiger partial charge in [-0.15, -0.1) is 0 Å². The van der Waals surface area contributed by atoms with E-state index < -0.39 is 5.41 Å². The van der Waals surface area contributed by atoms with Crippen LogP contribution in [0.3, 0.4) is 0 Å². The normalized spacial score (nSPS) is 13.6. The first kappa shape index (κ1) is 30.1. The van der Waals surface area contributed by atoms with Crippen molar-refractivity contribution in [2.45, 2.75) is 5.41 Å². The lowest BCUT2D eigenvalue weighted by Gasteiger charge is -2.33. The van der Waals surface area contributed by atoms with Crippen LogP contribution in [0.1, 0.15) is 22.3 Å². The highest BCUT2D eigenvalue weighted by Crippen LogP contribution is 2.66. The minimum atomic E-state index is -0.543. The second kappa shape index (κ2) is 10.9. The van der Waals surface area contributed by atoms with Gasteiger partial charge in [-0.25, -0.2) is 0 Å². The number of hydrogen-bond acceptors (Lipinski definition) is 1. The number of hydrogen-bond donors (Lipinski definition) is 0. The first-order chi connectivity index (χ1) is 27.8. The van der Waals surface area contributed by atoms with Crippen molar-refractivity contribution in [2.24, 2.45) is 0 Å². The summed E-state index contributed by atoms with van der Waals surface area (Å²) in [7, 11) is 0. The maximum atomic E-state index is 6.54. The van der Waals surface area contributed by atoms with Gasteiger partial charge in [0.2, 0.25) is 0 Å². The summed E-state index contributed by atoms with van der Waals surface area (Å²) in [4.78, 5) is 0. The Morgan fingerprint density at radius 1 is 0.321 bits per heavy atom. The smallest absolute Gasteiger partial charge is 0.135 e. The van der Waals surface area contributed by atoms with Crippen molar-refractivity contribution in [3.05, 3.63) is 216 Å². The van der Waals surface area contributed by atoms with E-state index in [1.54, 1.807) is 0 Å². The first-order valence-electron chi connectivity index (χ1n) is 19.5. The van der Waals surface area contributed by atoms with Crippen LogP contribution in [0.25, 0.3) is 88.0 Å². The van der Waals surface area contributed by atoms with Gasteiger partial charge >= 0.3 is 0 Å². The molecule has 3 aliphatic rings. The van der Waals surface area contributed by atoms with E-state index in [4.69, 9.17) is 4.74 Å². The lowest BCUT2D eigenvalue weighted by Crippen LogP contribution is -2.26. The molecule has 1 spiro atoms. The maximum absolute atomic E-state index is 6.54. The first-order valence-corrected chi connectivity index (χ1v) is 19.5. The molecule has 13 rings (SSSR count). The van der Waals surface area contributed by atoms with Gasteiger partial charge in [-0.05, 0) is 124 Å². The Kier molecular flexibility index (Phi) is 5.89. The fourth-order valence-electron chi connectivity index (χ4n) is 10.7. The minimum Gasteiger partial charge on any atom is -0.456 e. The molecule has 0 fully saturated rings. The lowest BCUT2D eigenvalue weighted by molar-refractivity contribution is 0.487. The molecule has 0 N–H and O–H groups in total. The number of para-hydroxylation sites is 1. The predicted octanol–water partition coefficient (Wildman–Crippen LogP) is 14.6. The summed E-state index contributed by atoms with van der Waals surface area (Å²) in [6, 6.07) is 72.2. The molecule has 0 atom stereocenters. The van der Waals surface area contributed by atoms with Gasteiger partial charge in [0, 0.05) is 10.9 Å². The average Bonchev–Trinajstić information content (AvgIpc) is 3.74. The monoisotopic (exact) mass is 708 g/mol. The van der Waals surface area contributed by atoms with E-state index in [2.05, 4.69) is 188 Å². The SMILES string of the molecule is c1ccc2c(c1)Oc1ccc(-c3ccc4c(c3)C3(c5ccccc5-c5ccccc53)c3c(-c5cccc6ccccc56)cc5ccccc5c3-4)c3cccc-2c13. The van der Waals surface area contributed by atoms with Gasteiger partial charge in [0.1, 0.15) is 11.5 Å². The molecule has 258 valence electrons. The van der Waals surface area contributed by atoms with Gasteiger partial charge in [0.15, 0.2) is 0 Å². The molecule has 1 nitrogen and oxygen atoms in total. The van der Waals surface area contributed by atoms with Gasteiger partial charge in [-0.3, -0.25) is 0 Å². The van der Waals surface area contributed by atoms with Crippen LogP contribution in [0, 0.1) is 0 Å². The van der Waals surface area contributed by atoms with Crippen LogP contribution in [-0.4, -0.2) is 0 Å². The van der Waals surface area contributed by atoms with Crippen molar-refractivity contribution in [3.8, 4) is 67.1 Å². The van der Waals surface area contributed by atoms with E-state index in [1.807, 2.05) is 6.07 Å². The van der Waals surface area contributed by atoms with Crippen LogP contribution in [0.5, 0.6) is 11.5 Å². The van der Waals surface area contributed by atoms with E-state index in [0.29, 0.717) is 0 Å². The third kappa shape index (κ3) is 3.75. The zero-order chi connectivity index (χ0) is 36.5. The maximum Gasteiger partial charge on any atom is 0.135 e. The van der Waals surface area contributed by atoms with Crippen molar-refractivity contribution in [1.82, 2.24) is 0 Å². The predicted molar refractivity (Wildman–Crippen MR) is 232 cm³/mol. The molecule has 0 saturated heterocycles. The summed E-state index contributed by atoms with van der Waals surface area (Å²) in [6.45, 7) is 0. The molecular formula is C55H32O. The van der Waals surface area contributed by atoms with Crippen LogP contribution < -0.4 is 4.74 Å². The summed E-state index contributed by atoms with van der Waals surface area (Å²) in [5, 5.41) is 7.43. The van der Waals surface area contributed by atoms with Crippen LogP contribution in [-0.2, 0) is 5.41 Å². The summed E-state index contributed by atoms with van der Waals surface area (Å²) in [6.07, 6.45) is 0. The summed E-state index contributed by atoms with van der Waals surface area (Å²) >= 11 is 0. The molecule has 56 heavy (non-hydrogen) atoms. The molecule has 0 bridgehead atoms. The topological polar surface area (TPSA) is 9.23 Å². The lowest BCUT2D eigenvalue weighted by atomic mass is 9.68. The zero-order valence-electron chi connectivity index (χ0n) is 30.4. The standard InChI is InChI=1S/C55H32O/c1-3-16-36-33(13-1)15-11-21-39(36)46-31-34-14-2-4-17-38(34)53-45-28-27-35(37-29-30-51-52-43(37)22-12-23-44(52)42-20-7-10-26-50(42)56-51)32-49(45)55(54(46)53)47-24-8-5-18-40(47)41-19-6-9-25-48(41)55/h1-32H. The molecule has 0 radical (unpaired) electrons. The molecular weight excluding hydrogens is 677 g/mol. The van der Waals surface area contributed by atoms with Crippen LogP contribution in [0.2, 0.25) is 0 Å². The minimum absolute atomic E-state index is 0.543. The Balaban J connectivity index is 1.17. The molecule has 0 saturated carbocycles. The molecule has 2 aliphatic carbocycles. The number of benzene rings is 10. The van der Waals surface area contributed by atoms with Gasteiger partial charge < -0.3 is 4.74 Å². The highest BCUT2D eigenvalue weighted by atomic mass is 16.5. The van der Waals surface area contributed by atoms with E-state index >= 15 is 0 Å². The van der Waals surface area contributed by atoms with E-state index in [0.717, 1.165) is 17.1 Å². The fourth-order valence-corrected chi connectivity index (χ4v) is 10.7. The second-order valence-electron chi connectivity index (χ2n) is 15.5. The molecule has 10 aromatic carbocycles. The fraction of sp³-hybridized carbons (Fsp3) is 0.0182. The summed E-state index contributed by atoms with van der Waals surface area (Å²) in [5.41, 5.74) is 17.4. The quantitative estimate of drug-likeness (QED) is 0.174. The number of ether oxygens (including phenoxy) is 1. The van der Waals surface area contributed by atoms with E-state index in [9.17, 15) is 0 Å². The zero-order valence-corrected chi connectivity index (χ0v) is 30.4. The Morgan fingerprint density at radius 3 is 1.77 bits per heavy atom. The molecule has 10 aromatic rings. The molecule has 0 unspecified atom stereocenters. The van der Waals surface area contributed by atoms with Crippen molar-refractivity contribution in [2.75, 3.05) is 0 Å². The Bertz CT molecular complexity index is 3300. The van der Waals surface area contributed by atoms with E-state index in [-0.39, 0.29) is 0 Å². The van der Waals surface area contributed by atoms with Gasteiger partial charge in [-0.1, -0.05) is 170 Å².